The number of rotatable bonds is 4. The van der Waals surface area contributed by atoms with Crippen LogP contribution in [0.5, 0.6) is 5.75 Å². The van der Waals surface area contributed by atoms with E-state index in [1.54, 1.807) is 18.2 Å². The molecule has 0 bridgehead atoms. The summed E-state index contributed by atoms with van der Waals surface area (Å²) in [4.78, 5) is 23.7. The third-order valence-corrected chi connectivity index (χ3v) is 3.51. The Hall–Kier alpha value is -3.55. The molecule has 0 aliphatic heterocycles. The number of aromatic nitrogens is 4. The standard InChI is InChI=1S/C17H14N4O4/c1-11-9-13(5-8-15(11)21-10-18-19-20-21)17(23)25-14-6-3-12(4-7-14)16(22)24-2/h3-10H,1-2H3. The van der Waals surface area contributed by atoms with Crippen LogP contribution in [-0.4, -0.2) is 39.3 Å². The molecule has 0 saturated heterocycles. The van der Waals surface area contributed by atoms with Crippen LogP contribution in [-0.2, 0) is 4.74 Å². The summed E-state index contributed by atoms with van der Waals surface area (Å²) >= 11 is 0. The molecule has 0 fully saturated rings. The lowest BCUT2D eigenvalue weighted by molar-refractivity contribution is 0.0600. The molecule has 3 aromatic rings. The summed E-state index contributed by atoms with van der Waals surface area (Å²) < 4.78 is 11.4. The lowest BCUT2D eigenvalue weighted by atomic mass is 10.1. The Bertz CT molecular complexity index is 905. The van der Waals surface area contributed by atoms with E-state index in [1.807, 2.05) is 6.92 Å². The molecule has 0 aliphatic rings. The van der Waals surface area contributed by atoms with E-state index < -0.39 is 11.9 Å². The molecule has 0 radical (unpaired) electrons. The van der Waals surface area contributed by atoms with Crippen molar-refractivity contribution in [2.45, 2.75) is 6.92 Å². The van der Waals surface area contributed by atoms with Crippen molar-refractivity contribution in [1.29, 1.82) is 0 Å². The minimum absolute atomic E-state index is 0.333. The van der Waals surface area contributed by atoms with Crippen LogP contribution in [0.2, 0.25) is 0 Å². The van der Waals surface area contributed by atoms with Crippen molar-refractivity contribution in [2.24, 2.45) is 0 Å². The molecule has 1 heterocycles. The summed E-state index contributed by atoms with van der Waals surface area (Å²) in [7, 11) is 1.30. The number of tetrazole rings is 1. The largest absolute Gasteiger partial charge is 0.465 e. The minimum atomic E-state index is -0.503. The van der Waals surface area contributed by atoms with Gasteiger partial charge in [-0.25, -0.2) is 14.3 Å². The van der Waals surface area contributed by atoms with Gasteiger partial charge in [0, 0.05) is 0 Å². The van der Waals surface area contributed by atoms with Gasteiger partial charge in [0.1, 0.15) is 12.1 Å². The van der Waals surface area contributed by atoms with Crippen LogP contribution >= 0.6 is 0 Å². The highest BCUT2D eigenvalue weighted by Crippen LogP contribution is 2.18. The van der Waals surface area contributed by atoms with Crippen LogP contribution in [0.15, 0.2) is 48.8 Å². The second kappa shape index (κ2) is 6.91. The zero-order valence-electron chi connectivity index (χ0n) is 13.5. The van der Waals surface area contributed by atoms with Gasteiger partial charge in [-0.3, -0.25) is 0 Å². The Morgan fingerprint density at radius 2 is 1.72 bits per heavy atom. The second-order valence-electron chi connectivity index (χ2n) is 5.16. The lowest BCUT2D eigenvalue weighted by Crippen LogP contribution is -2.10. The second-order valence-corrected chi connectivity index (χ2v) is 5.16. The number of ether oxygens (including phenoxy) is 2. The van der Waals surface area contributed by atoms with Crippen molar-refractivity contribution in [3.63, 3.8) is 0 Å². The van der Waals surface area contributed by atoms with Gasteiger partial charge >= 0.3 is 11.9 Å². The number of nitrogens with zero attached hydrogens (tertiary/aromatic N) is 4. The highest BCUT2D eigenvalue weighted by molar-refractivity contribution is 5.92. The van der Waals surface area contributed by atoms with E-state index in [9.17, 15) is 9.59 Å². The molecule has 2 aromatic carbocycles. The molecule has 0 aliphatic carbocycles. The molecule has 3 rings (SSSR count). The number of carbonyl (C=O) groups is 2. The van der Waals surface area contributed by atoms with Crippen LogP contribution in [0, 0.1) is 6.92 Å². The van der Waals surface area contributed by atoms with Gasteiger partial charge in [-0.15, -0.1) is 5.10 Å². The lowest BCUT2D eigenvalue weighted by Gasteiger charge is -2.08. The first-order valence-electron chi connectivity index (χ1n) is 7.33. The molecule has 8 nitrogen and oxygen atoms in total. The van der Waals surface area contributed by atoms with Crippen molar-refractivity contribution < 1.29 is 19.1 Å². The van der Waals surface area contributed by atoms with E-state index in [0.717, 1.165) is 11.3 Å². The number of hydrogen-bond donors (Lipinski definition) is 0. The van der Waals surface area contributed by atoms with E-state index in [-0.39, 0.29) is 0 Å². The van der Waals surface area contributed by atoms with E-state index in [0.29, 0.717) is 16.9 Å². The zero-order chi connectivity index (χ0) is 17.8. The van der Waals surface area contributed by atoms with Gasteiger partial charge in [0.25, 0.3) is 0 Å². The van der Waals surface area contributed by atoms with Gasteiger partial charge in [-0.05, 0) is 65.4 Å². The normalized spacial score (nSPS) is 10.3. The third-order valence-electron chi connectivity index (χ3n) is 3.51. The smallest absolute Gasteiger partial charge is 0.343 e. The molecule has 1 aromatic heterocycles. The first kappa shape index (κ1) is 16.3. The Labute approximate surface area is 143 Å². The van der Waals surface area contributed by atoms with Gasteiger partial charge in [-0.2, -0.15) is 0 Å². The van der Waals surface area contributed by atoms with Crippen molar-refractivity contribution >= 4 is 11.9 Å². The summed E-state index contributed by atoms with van der Waals surface area (Å²) in [6.07, 6.45) is 1.48. The molecule has 0 N–H and O–H groups in total. The Kier molecular flexibility index (Phi) is 4.51. The predicted molar refractivity (Wildman–Crippen MR) is 86.6 cm³/mol. The Balaban J connectivity index is 1.75. The maximum Gasteiger partial charge on any atom is 0.343 e. The van der Waals surface area contributed by atoms with Gasteiger partial charge < -0.3 is 9.47 Å². The SMILES string of the molecule is COC(=O)c1ccc(OC(=O)c2ccc(-n3cnnn3)c(C)c2)cc1. The molecule has 0 amide bonds. The molecule has 0 saturated carbocycles. The number of hydrogen-bond acceptors (Lipinski definition) is 7. The zero-order valence-corrected chi connectivity index (χ0v) is 13.5. The van der Waals surface area contributed by atoms with E-state index >= 15 is 0 Å². The Morgan fingerprint density at radius 1 is 1.00 bits per heavy atom. The first-order chi connectivity index (χ1) is 12.1. The van der Waals surface area contributed by atoms with E-state index in [2.05, 4.69) is 20.3 Å². The van der Waals surface area contributed by atoms with Crippen LogP contribution in [0.4, 0.5) is 0 Å². The van der Waals surface area contributed by atoms with Crippen molar-refractivity contribution in [2.75, 3.05) is 7.11 Å². The summed E-state index contributed by atoms with van der Waals surface area (Å²) in [5.41, 5.74) is 2.36. The molecule has 8 heteroatoms. The topological polar surface area (TPSA) is 96.2 Å². The van der Waals surface area contributed by atoms with Crippen LogP contribution in [0.3, 0.4) is 0 Å². The van der Waals surface area contributed by atoms with Crippen LogP contribution in [0.25, 0.3) is 5.69 Å². The average Bonchev–Trinajstić information content (AvgIpc) is 3.16. The van der Waals surface area contributed by atoms with Crippen LogP contribution in [0.1, 0.15) is 26.3 Å². The van der Waals surface area contributed by atoms with Crippen molar-refractivity contribution in [3.8, 4) is 11.4 Å². The Morgan fingerprint density at radius 3 is 2.32 bits per heavy atom. The molecule has 126 valence electrons. The maximum atomic E-state index is 12.3. The fourth-order valence-electron chi connectivity index (χ4n) is 2.25. The van der Waals surface area contributed by atoms with E-state index in [4.69, 9.17) is 4.74 Å². The van der Waals surface area contributed by atoms with Crippen molar-refractivity contribution in [1.82, 2.24) is 20.2 Å². The van der Waals surface area contributed by atoms with Gasteiger partial charge in [-0.1, -0.05) is 0 Å². The molecule has 0 unspecified atom stereocenters. The number of carbonyl (C=O) groups excluding carboxylic acids is 2. The predicted octanol–water partition coefficient (Wildman–Crippen LogP) is 1.98. The maximum absolute atomic E-state index is 12.3. The monoisotopic (exact) mass is 338 g/mol. The van der Waals surface area contributed by atoms with Gasteiger partial charge in [0.2, 0.25) is 0 Å². The quantitative estimate of drug-likeness (QED) is 0.530. The van der Waals surface area contributed by atoms with Crippen LogP contribution < -0.4 is 4.74 Å². The molecular weight excluding hydrogens is 324 g/mol. The summed E-state index contributed by atoms with van der Waals surface area (Å²) in [6.45, 7) is 1.85. The van der Waals surface area contributed by atoms with E-state index in [1.165, 1.54) is 42.4 Å². The third kappa shape index (κ3) is 3.52. The number of benzene rings is 2. The molecular formula is C17H14N4O4. The minimum Gasteiger partial charge on any atom is -0.465 e. The van der Waals surface area contributed by atoms with Crippen molar-refractivity contribution in [3.05, 3.63) is 65.5 Å². The number of methoxy groups -OCH3 is 1. The fourth-order valence-corrected chi connectivity index (χ4v) is 2.25. The molecule has 0 atom stereocenters. The summed E-state index contributed by atoms with van der Waals surface area (Å²) in [5.74, 6) is -0.622. The highest BCUT2D eigenvalue weighted by atomic mass is 16.5. The fraction of sp³-hybridized carbons (Fsp3) is 0.118. The molecule has 25 heavy (non-hydrogen) atoms. The number of esters is 2. The van der Waals surface area contributed by atoms with Gasteiger partial charge in [0.05, 0.1) is 23.9 Å². The number of aryl methyl sites for hydroxylation is 1. The van der Waals surface area contributed by atoms with Gasteiger partial charge in [0.15, 0.2) is 0 Å². The summed E-state index contributed by atoms with van der Waals surface area (Å²) in [5, 5.41) is 11.0. The molecule has 0 spiro atoms. The summed E-state index contributed by atoms with van der Waals surface area (Å²) in [6, 6.07) is 11.2. The highest BCUT2D eigenvalue weighted by Gasteiger charge is 2.12. The average molecular weight is 338 g/mol. The first-order valence-corrected chi connectivity index (χ1v) is 7.33.